The van der Waals surface area contributed by atoms with Crippen molar-refractivity contribution in [3.63, 3.8) is 0 Å². The maximum Gasteiger partial charge on any atom is 0.0598 e. The van der Waals surface area contributed by atoms with Gasteiger partial charge in [-0.05, 0) is 54.4 Å². The molecule has 2 nitrogen and oxygen atoms in total. The lowest BCUT2D eigenvalue weighted by atomic mass is 10.0. The largest absolute Gasteiger partial charge is 0.376 e. The molecule has 0 saturated heterocycles. The monoisotopic (exact) mass is 215 g/mol. The van der Waals surface area contributed by atoms with Gasteiger partial charge in [0.25, 0.3) is 0 Å². The fourth-order valence-electron chi connectivity index (χ4n) is 1.50. The van der Waals surface area contributed by atoms with Gasteiger partial charge >= 0.3 is 0 Å². The molecule has 1 atom stereocenters. The molecular weight excluding hydrogens is 186 g/mol. The third-order valence-corrected chi connectivity index (χ3v) is 2.13. The van der Waals surface area contributed by atoms with Gasteiger partial charge in [0.05, 0.1) is 5.60 Å². The van der Waals surface area contributed by atoms with Crippen LogP contribution >= 0.6 is 0 Å². The van der Waals surface area contributed by atoms with Crippen molar-refractivity contribution in [3.05, 3.63) is 0 Å². The minimum Gasteiger partial charge on any atom is -0.376 e. The zero-order chi connectivity index (χ0) is 12.1. The second kappa shape index (κ2) is 5.86. The molecule has 0 fully saturated rings. The number of hydrogen-bond acceptors (Lipinski definition) is 2. The average Bonchev–Trinajstić information content (AvgIpc) is 1.97. The Morgan fingerprint density at radius 3 is 1.93 bits per heavy atom. The summed E-state index contributed by atoms with van der Waals surface area (Å²) in [6.07, 6.45) is 2.25. The van der Waals surface area contributed by atoms with Crippen molar-refractivity contribution in [1.29, 1.82) is 0 Å². The minimum absolute atomic E-state index is 0.0139. The molecule has 0 rings (SSSR count). The van der Waals surface area contributed by atoms with Crippen LogP contribution in [0, 0.1) is 0 Å². The van der Waals surface area contributed by atoms with Crippen molar-refractivity contribution in [3.8, 4) is 0 Å². The van der Waals surface area contributed by atoms with Crippen molar-refractivity contribution in [2.75, 3.05) is 6.61 Å². The molecule has 92 valence electrons. The van der Waals surface area contributed by atoms with E-state index in [2.05, 4.69) is 53.8 Å². The molecule has 0 saturated carbocycles. The quantitative estimate of drug-likeness (QED) is 0.759. The summed E-state index contributed by atoms with van der Waals surface area (Å²) in [5.74, 6) is 0. The molecule has 0 heterocycles. The normalized spacial score (nSPS) is 15.4. The summed E-state index contributed by atoms with van der Waals surface area (Å²) in [7, 11) is 0. The van der Waals surface area contributed by atoms with E-state index >= 15 is 0 Å². The first-order valence-electron chi connectivity index (χ1n) is 6.06. The van der Waals surface area contributed by atoms with E-state index in [1.165, 1.54) is 0 Å². The number of rotatable bonds is 5. The average molecular weight is 215 g/mol. The SMILES string of the molecule is CCC(CCOC(C)(C)C)NC(C)(C)C. The van der Waals surface area contributed by atoms with Crippen molar-refractivity contribution < 1.29 is 4.74 Å². The Morgan fingerprint density at radius 2 is 1.60 bits per heavy atom. The summed E-state index contributed by atoms with van der Waals surface area (Å²) in [5.41, 5.74) is 0.183. The molecule has 2 heteroatoms. The van der Waals surface area contributed by atoms with Crippen molar-refractivity contribution in [2.24, 2.45) is 0 Å². The van der Waals surface area contributed by atoms with Crippen LogP contribution in [-0.2, 0) is 4.74 Å². The van der Waals surface area contributed by atoms with Crippen LogP contribution < -0.4 is 5.32 Å². The third kappa shape index (κ3) is 10.2. The zero-order valence-electron chi connectivity index (χ0n) is 11.6. The van der Waals surface area contributed by atoms with Gasteiger partial charge in [0.2, 0.25) is 0 Å². The van der Waals surface area contributed by atoms with Gasteiger partial charge in [-0.3, -0.25) is 0 Å². The molecule has 0 aliphatic carbocycles. The van der Waals surface area contributed by atoms with Gasteiger partial charge in [-0.2, -0.15) is 0 Å². The first-order chi connectivity index (χ1) is 6.64. The Kier molecular flexibility index (Phi) is 5.82. The van der Waals surface area contributed by atoms with E-state index in [1.54, 1.807) is 0 Å². The Hall–Kier alpha value is -0.0800. The lowest BCUT2D eigenvalue weighted by Gasteiger charge is -2.29. The molecule has 0 bridgehead atoms. The Balaban J connectivity index is 3.82. The standard InChI is InChI=1S/C13H29NO/c1-8-11(14-12(2,3)4)9-10-15-13(5,6)7/h11,14H,8-10H2,1-7H3. The molecular formula is C13H29NO. The smallest absolute Gasteiger partial charge is 0.0598 e. The van der Waals surface area contributed by atoms with E-state index < -0.39 is 0 Å². The van der Waals surface area contributed by atoms with Gasteiger partial charge in [0.15, 0.2) is 0 Å². The number of nitrogens with one attached hydrogen (secondary N) is 1. The Bertz CT molecular complexity index is 164. The zero-order valence-corrected chi connectivity index (χ0v) is 11.6. The predicted octanol–water partition coefficient (Wildman–Crippen LogP) is 3.36. The maximum absolute atomic E-state index is 5.74. The van der Waals surface area contributed by atoms with Crippen LogP contribution in [0.3, 0.4) is 0 Å². The summed E-state index contributed by atoms with van der Waals surface area (Å²) in [6, 6.07) is 0.562. The van der Waals surface area contributed by atoms with E-state index in [1.807, 2.05) is 0 Å². The third-order valence-electron chi connectivity index (χ3n) is 2.13. The van der Waals surface area contributed by atoms with Crippen LogP contribution in [0.2, 0.25) is 0 Å². The summed E-state index contributed by atoms with van der Waals surface area (Å²) in [4.78, 5) is 0. The fraction of sp³-hybridized carbons (Fsp3) is 1.00. The van der Waals surface area contributed by atoms with Crippen molar-refractivity contribution in [2.45, 2.75) is 78.5 Å². The first-order valence-corrected chi connectivity index (χ1v) is 6.06. The van der Waals surface area contributed by atoms with Crippen LogP contribution in [0.1, 0.15) is 61.3 Å². The van der Waals surface area contributed by atoms with Gasteiger partial charge in [0, 0.05) is 18.2 Å². The van der Waals surface area contributed by atoms with Crippen LogP contribution in [0.4, 0.5) is 0 Å². The predicted molar refractivity (Wildman–Crippen MR) is 67.3 cm³/mol. The molecule has 0 aliphatic heterocycles. The topological polar surface area (TPSA) is 21.3 Å². The van der Waals surface area contributed by atoms with Crippen molar-refractivity contribution >= 4 is 0 Å². The summed E-state index contributed by atoms with van der Waals surface area (Å²) in [6.45, 7) is 16.0. The molecule has 0 amide bonds. The van der Waals surface area contributed by atoms with E-state index in [0.717, 1.165) is 19.4 Å². The molecule has 15 heavy (non-hydrogen) atoms. The molecule has 0 aliphatic rings. The van der Waals surface area contributed by atoms with Gasteiger partial charge in [-0.15, -0.1) is 0 Å². The molecule has 0 aromatic carbocycles. The number of hydrogen-bond donors (Lipinski definition) is 1. The van der Waals surface area contributed by atoms with Gasteiger partial charge in [-0.1, -0.05) is 6.92 Å². The molecule has 0 aromatic rings. The first kappa shape index (κ1) is 14.9. The molecule has 1 unspecified atom stereocenters. The number of ether oxygens (including phenoxy) is 1. The highest BCUT2D eigenvalue weighted by Gasteiger charge is 2.17. The highest BCUT2D eigenvalue weighted by Crippen LogP contribution is 2.11. The lowest BCUT2D eigenvalue weighted by Crippen LogP contribution is -2.44. The lowest BCUT2D eigenvalue weighted by molar-refractivity contribution is -0.00804. The highest BCUT2D eigenvalue weighted by atomic mass is 16.5. The Morgan fingerprint density at radius 1 is 1.07 bits per heavy atom. The summed E-state index contributed by atoms with van der Waals surface area (Å²) in [5, 5.41) is 3.61. The van der Waals surface area contributed by atoms with Gasteiger partial charge in [0.1, 0.15) is 0 Å². The maximum atomic E-state index is 5.74. The van der Waals surface area contributed by atoms with E-state index in [4.69, 9.17) is 4.74 Å². The molecule has 0 radical (unpaired) electrons. The second-order valence-corrected chi connectivity index (χ2v) is 6.25. The summed E-state index contributed by atoms with van der Waals surface area (Å²) < 4.78 is 5.74. The van der Waals surface area contributed by atoms with Gasteiger partial charge < -0.3 is 10.1 Å². The summed E-state index contributed by atoms with van der Waals surface area (Å²) >= 11 is 0. The van der Waals surface area contributed by atoms with Crippen LogP contribution in [-0.4, -0.2) is 23.8 Å². The highest BCUT2D eigenvalue weighted by molar-refractivity contribution is 4.77. The van der Waals surface area contributed by atoms with Crippen molar-refractivity contribution in [1.82, 2.24) is 5.32 Å². The fourth-order valence-corrected chi connectivity index (χ4v) is 1.50. The molecule has 1 N–H and O–H groups in total. The molecule has 0 aromatic heterocycles. The Labute approximate surface area is 95.8 Å². The van der Waals surface area contributed by atoms with Crippen LogP contribution in [0.15, 0.2) is 0 Å². The minimum atomic E-state index is -0.0139. The van der Waals surface area contributed by atoms with E-state index in [9.17, 15) is 0 Å². The van der Waals surface area contributed by atoms with E-state index in [0.29, 0.717) is 6.04 Å². The van der Waals surface area contributed by atoms with E-state index in [-0.39, 0.29) is 11.1 Å². The molecule has 0 spiro atoms. The van der Waals surface area contributed by atoms with Crippen LogP contribution in [0.5, 0.6) is 0 Å². The van der Waals surface area contributed by atoms with Crippen LogP contribution in [0.25, 0.3) is 0 Å². The van der Waals surface area contributed by atoms with Gasteiger partial charge in [-0.25, -0.2) is 0 Å². The second-order valence-electron chi connectivity index (χ2n) is 6.25.